The number of hydrogen-bond donors (Lipinski definition) is 0. The van der Waals surface area contributed by atoms with Gasteiger partial charge in [0.25, 0.3) is 6.43 Å². The van der Waals surface area contributed by atoms with Gasteiger partial charge in [-0.2, -0.15) is 0 Å². The largest absolute Gasteiger partial charge is 0.487 e. The number of benzene rings is 1. The fourth-order valence-corrected chi connectivity index (χ4v) is 3.04. The molecule has 2 aliphatic rings. The van der Waals surface area contributed by atoms with E-state index in [4.69, 9.17) is 16.3 Å². The lowest BCUT2D eigenvalue weighted by Crippen LogP contribution is -2.37. The Bertz CT molecular complexity index is 718. The highest BCUT2D eigenvalue weighted by atomic mass is 35.5. The van der Waals surface area contributed by atoms with Gasteiger partial charge in [-0.1, -0.05) is 23.7 Å². The molecule has 0 aromatic heterocycles. The number of fused-ring (bicyclic) bond motifs is 1. The summed E-state index contributed by atoms with van der Waals surface area (Å²) in [6.45, 7) is 1.90. The van der Waals surface area contributed by atoms with Gasteiger partial charge in [0.05, 0.1) is 12.6 Å². The zero-order valence-corrected chi connectivity index (χ0v) is 14.2. The molecule has 0 saturated heterocycles. The zero-order valence-electron chi connectivity index (χ0n) is 13.4. The second kappa shape index (κ2) is 6.91. The summed E-state index contributed by atoms with van der Waals surface area (Å²) in [5.74, 6) is 0.485. The standard InChI is InChI=1S/C17H18ClF2N3O/c1-11-7-12(3-4-15(11)24-10-16(19)20)8-23-9-13-14(22(23)2)5-6-21-17(13)18/h3-7,9,14,16H,8,10H2,1-2H3. The van der Waals surface area contributed by atoms with E-state index in [9.17, 15) is 8.78 Å². The van der Waals surface area contributed by atoms with Crippen molar-refractivity contribution in [3.63, 3.8) is 0 Å². The van der Waals surface area contributed by atoms with E-state index >= 15 is 0 Å². The summed E-state index contributed by atoms with van der Waals surface area (Å²) in [5, 5.41) is 4.64. The topological polar surface area (TPSA) is 28.1 Å². The van der Waals surface area contributed by atoms with Crippen molar-refractivity contribution < 1.29 is 13.5 Å². The van der Waals surface area contributed by atoms with E-state index in [1.165, 1.54) is 0 Å². The van der Waals surface area contributed by atoms with Gasteiger partial charge in [0.15, 0.2) is 0 Å². The number of hydrazine groups is 1. The molecule has 4 nitrogen and oxygen atoms in total. The first-order valence-electron chi connectivity index (χ1n) is 7.57. The average Bonchev–Trinajstić information content (AvgIpc) is 2.85. The molecule has 24 heavy (non-hydrogen) atoms. The lowest BCUT2D eigenvalue weighted by molar-refractivity contribution is 0.0527. The van der Waals surface area contributed by atoms with E-state index in [0.717, 1.165) is 16.7 Å². The number of halogens is 3. The van der Waals surface area contributed by atoms with Gasteiger partial charge in [-0.15, -0.1) is 0 Å². The van der Waals surface area contributed by atoms with Crippen LogP contribution in [0.5, 0.6) is 5.75 Å². The summed E-state index contributed by atoms with van der Waals surface area (Å²) in [5.41, 5.74) is 2.85. The van der Waals surface area contributed by atoms with Crippen LogP contribution in [0.15, 0.2) is 47.2 Å². The highest BCUT2D eigenvalue weighted by Gasteiger charge is 2.32. The predicted octanol–water partition coefficient (Wildman–Crippen LogP) is 3.72. The van der Waals surface area contributed by atoms with Crippen LogP contribution in [0.4, 0.5) is 8.78 Å². The quantitative estimate of drug-likeness (QED) is 0.807. The predicted molar refractivity (Wildman–Crippen MR) is 90.3 cm³/mol. The molecular formula is C17H18ClF2N3O. The van der Waals surface area contributed by atoms with E-state index in [-0.39, 0.29) is 6.04 Å². The third kappa shape index (κ3) is 3.44. The number of hydrogen-bond acceptors (Lipinski definition) is 4. The Balaban J connectivity index is 1.72. The molecule has 0 saturated carbocycles. The first kappa shape index (κ1) is 16.9. The van der Waals surface area contributed by atoms with Crippen molar-refractivity contribution in [1.82, 2.24) is 10.0 Å². The average molecular weight is 354 g/mol. The molecule has 1 atom stereocenters. The van der Waals surface area contributed by atoms with Gasteiger partial charge in [-0.25, -0.2) is 18.8 Å². The summed E-state index contributed by atoms with van der Waals surface area (Å²) in [6, 6.07) is 5.65. The zero-order chi connectivity index (χ0) is 17.3. The Kier molecular flexibility index (Phi) is 4.87. The van der Waals surface area contributed by atoms with Crippen LogP contribution in [-0.4, -0.2) is 41.3 Å². The lowest BCUT2D eigenvalue weighted by atomic mass is 10.1. The maximum Gasteiger partial charge on any atom is 0.272 e. The fraction of sp³-hybridized carbons (Fsp3) is 0.353. The number of aryl methyl sites for hydroxylation is 1. The van der Waals surface area contributed by atoms with Gasteiger partial charge in [0, 0.05) is 25.0 Å². The molecular weight excluding hydrogens is 336 g/mol. The van der Waals surface area contributed by atoms with E-state index in [0.29, 0.717) is 17.5 Å². The minimum atomic E-state index is -2.48. The molecule has 0 fully saturated rings. The maximum absolute atomic E-state index is 12.3. The molecule has 0 spiro atoms. The van der Waals surface area contributed by atoms with Crippen LogP contribution in [0, 0.1) is 6.92 Å². The van der Waals surface area contributed by atoms with Crippen molar-refractivity contribution in [2.75, 3.05) is 13.7 Å². The van der Waals surface area contributed by atoms with Crippen LogP contribution in [0.25, 0.3) is 0 Å². The Morgan fingerprint density at radius 2 is 2.17 bits per heavy atom. The van der Waals surface area contributed by atoms with Crippen LogP contribution in [0.1, 0.15) is 11.1 Å². The Hall–Kier alpha value is -1.92. The Morgan fingerprint density at radius 1 is 1.38 bits per heavy atom. The van der Waals surface area contributed by atoms with Crippen molar-refractivity contribution in [2.45, 2.75) is 25.9 Å². The molecule has 0 aliphatic carbocycles. The third-order valence-corrected chi connectivity index (χ3v) is 4.37. The smallest absolute Gasteiger partial charge is 0.272 e. The molecule has 2 aliphatic heterocycles. The number of rotatable bonds is 5. The fourth-order valence-electron chi connectivity index (χ4n) is 2.83. The van der Waals surface area contributed by atoms with Crippen molar-refractivity contribution in [2.24, 2.45) is 4.99 Å². The Morgan fingerprint density at radius 3 is 2.83 bits per heavy atom. The van der Waals surface area contributed by atoms with Gasteiger partial charge in [0.1, 0.15) is 17.5 Å². The van der Waals surface area contributed by atoms with Gasteiger partial charge < -0.3 is 9.75 Å². The molecule has 0 bridgehead atoms. The first-order chi connectivity index (χ1) is 11.5. The molecule has 3 rings (SSSR count). The molecule has 7 heteroatoms. The molecule has 0 amide bonds. The molecule has 0 radical (unpaired) electrons. The number of alkyl halides is 2. The molecule has 0 N–H and O–H groups in total. The van der Waals surface area contributed by atoms with Gasteiger partial charge in [0.2, 0.25) is 0 Å². The summed E-state index contributed by atoms with van der Waals surface area (Å²) in [4.78, 5) is 4.11. The summed E-state index contributed by atoms with van der Waals surface area (Å²) in [6.07, 6.45) is 3.21. The minimum absolute atomic E-state index is 0.0877. The molecule has 1 unspecified atom stereocenters. The second-order valence-corrected chi connectivity index (χ2v) is 6.12. The van der Waals surface area contributed by atoms with Gasteiger partial charge in [-0.05, 0) is 30.2 Å². The normalized spacial score (nSPS) is 20.2. The van der Waals surface area contributed by atoms with E-state index in [2.05, 4.69) is 15.0 Å². The van der Waals surface area contributed by atoms with Crippen molar-refractivity contribution in [1.29, 1.82) is 0 Å². The highest BCUT2D eigenvalue weighted by Crippen LogP contribution is 2.29. The summed E-state index contributed by atoms with van der Waals surface area (Å²) >= 11 is 6.16. The summed E-state index contributed by atoms with van der Waals surface area (Å²) in [7, 11) is 1.99. The molecule has 2 heterocycles. The monoisotopic (exact) mass is 353 g/mol. The van der Waals surface area contributed by atoms with E-state index in [1.54, 1.807) is 12.3 Å². The van der Waals surface area contributed by atoms with Crippen LogP contribution in [-0.2, 0) is 6.54 Å². The first-order valence-corrected chi connectivity index (χ1v) is 7.95. The van der Waals surface area contributed by atoms with Crippen LogP contribution >= 0.6 is 11.6 Å². The summed E-state index contributed by atoms with van der Waals surface area (Å²) < 4.78 is 29.6. The van der Waals surface area contributed by atoms with Gasteiger partial charge >= 0.3 is 0 Å². The number of likely N-dealkylation sites (N-methyl/N-ethyl adjacent to an activating group) is 1. The van der Waals surface area contributed by atoms with Crippen LogP contribution in [0.2, 0.25) is 0 Å². The second-order valence-electron chi connectivity index (χ2n) is 5.76. The van der Waals surface area contributed by atoms with E-state index < -0.39 is 13.0 Å². The minimum Gasteiger partial charge on any atom is -0.487 e. The lowest BCUT2D eigenvalue weighted by Gasteiger charge is -2.29. The van der Waals surface area contributed by atoms with Crippen molar-refractivity contribution in [3.05, 3.63) is 53.4 Å². The Labute approximate surface area is 144 Å². The third-order valence-electron chi connectivity index (χ3n) is 4.06. The number of ether oxygens (including phenoxy) is 1. The van der Waals surface area contributed by atoms with E-state index in [1.807, 2.05) is 38.4 Å². The van der Waals surface area contributed by atoms with Crippen LogP contribution < -0.4 is 4.74 Å². The van der Waals surface area contributed by atoms with Gasteiger partial charge in [-0.3, -0.25) is 0 Å². The van der Waals surface area contributed by atoms with Crippen LogP contribution in [0.3, 0.4) is 0 Å². The molecule has 1 aromatic rings. The van der Waals surface area contributed by atoms with Crippen molar-refractivity contribution in [3.8, 4) is 5.75 Å². The highest BCUT2D eigenvalue weighted by molar-refractivity contribution is 6.70. The SMILES string of the molecule is Cc1cc(CN2C=C3C(Cl)=NC=CC3N2C)ccc1OCC(F)F. The molecule has 128 valence electrons. The molecule has 1 aromatic carbocycles. The number of nitrogens with zero attached hydrogens (tertiary/aromatic N) is 3. The van der Waals surface area contributed by atoms with Crippen molar-refractivity contribution >= 4 is 16.8 Å². The number of aliphatic imine (C=N–C) groups is 1. The maximum atomic E-state index is 12.3.